The number of hydrogen-bond acceptors (Lipinski definition) is 3. The number of thiophene rings is 1. The molecule has 1 aromatic rings. The van der Waals surface area contributed by atoms with Gasteiger partial charge in [-0.05, 0) is 43.7 Å². The van der Waals surface area contributed by atoms with E-state index in [4.69, 9.17) is 5.73 Å². The van der Waals surface area contributed by atoms with Crippen LogP contribution in [-0.4, -0.2) is 18.5 Å². The molecule has 0 spiro atoms. The number of nitrogens with one attached hydrogen (secondary N) is 1. The molecule has 1 aliphatic carbocycles. The third kappa shape index (κ3) is 4.05. The number of carbonyl (C=O) groups is 1. The first-order chi connectivity index (χ1) is 9.20. The Morgan fingerprint density at radius 1 is 1.53 bits per heavy atom. The molecule has 3 nitrogen and oxygen atoms in total. The molecule has 3 unspecified atom stereocenters. The molecule has 19 heavy (non-hydrogen) atoms. The lowest BCUT2D eigenvalue weighted by molar-refractivity contribution is -0.128. The fourth-order valence-electron chi connectivity index (χ4n) is 2.97. The quantitative estimate of drug-likeness (QED) is 0.871. The number of amides is 1. The molecular weight excluding hydrogens is 256 g/mol. The normalized spacial score (nSPS) is 24.9. The van der Waals surface area contributed by atoms with Gasteiger partial charge in [0.05, 0.1) is 0 Å². The fraction of sp³-hybridized carbons (Fsp3) is 0.667. The van der Waals surface area contributed by atoms with Gasteiger partial charge in [-0.3, -0.25) is 4.79 Å². The van der Waals surface area contributed by atoms with Crippen LogP contribution in [0, 0.1) is 11.8 Å². The smallest absolute Gasteiger partial charge is 0.223 e. The maximum atomic E-state index is 12.3. The fourth-order valence-corrected chi connectivity index (χ4v) is 3.80. The van der Waals surface area contributed by atoms with Gasteiger partial charge in [0, 0.05) is 23.3 Å². The third-order valence-electron chi connectivity index (χ3n) is 4.02. The molecule has 0 saturated heterocycles. The van der Waals surface area contributed by atoms with E-state index in [-0.39, 0.29) is 17.9 Å². The molecule has 1 amide bonds. The van der Waals surface area contributed by atoms with Crippen LogP contribution in [-0.2, 0) is 11.2 Å². The summed E-state index contributed by atoms with van der Waals surface area (Å²) in [6.45, 7) is 2.72. The Morgan fingerprint density at radius 2 is 2.32 bits per heavy atom. The molecular formula is C15H24N2OS. The van der Waals surface area contributed by atoms with Crippen LogP contribution < -0.4 is 11.1 Å². The van der Waals surface area contributed by atoms with E-state index in [0.29, 0.717) is 12.5 Å². The molecule has 0 aliphatic heterocycles. The first kappa shape index (κ1) is 14.5. The Bertz CT molecular complexity index is 391. The highest BCUT2D eigenvalue weighted by Gasteiger charge is 2.30. The summed E-state index contributed by atoms with van der Waals surface area (Å²) < 4.78 is 0. The first-order valence-corrected chi connectivity index (χ1v) is 8.11. The lowest BCUT2D eigenvalue weighted by Crippen LogP contribution is -2.43. The van der Waals surface area contributed by atoms with Crippen LogP contribution in [0.25, 0.3) is 0 Å². The third-order valence-corrected chi connectivity index (χ3v) is 4.92. The standard InChI is InChI=1S/C15H24N2OS/c1-11(9-13-6-4-8-19-13)17-15(18)14-7-3-2-5-12(14)10-16/h4,6,8,11-12,14H,2-3,5,7,9-10,16H2,1H3,(H,17,18). The summed E-state index contributed by atoms with van der Waals surface area (Å²) in [5.74, 6) is 0.714. The topological polar surface area (TPSA) is 55.1 Å². The van der Waals surface area contributed by atoms with Gasteiger partial charge in [-0.1, -0.05) is 18.9 Å². The van der Waals surface area contributed by atoms with Crippen molar-refractivity contribution in [2.75, 3.05) is 6.54 Å². The monoisotopic (exact) mass is 280 g/mol. The summed E-state index contributed by atoms with van der Waals surface area (Å²) in [5, 5.41) is 5.24. The van der Waals surface area contributed by atoms with Gasteiger partial charge >= 0.3 is 0 Å². The van der Waals surface area contributed by atoms with E-state index in [0.717, 1.165) is 25.7 Å². The van der Waals surface area contributed by atoms with Crippen molar-refractivity contribution in [1.82, 2.24) is 5.32 Å². The maximum absolute atomic E-state index is 12.3. The van der Waals surface area contributed by atoms with Crippen molar-refractivity contribution in [3.05, 3.63) is 22.4 Å². The van der Waals surface area contributed by atoms with Crippen LogP contribution in [0.15, 0.2) is 17.5 Å². The summed E-state index contributed by atoms with van der Waals surface area (Å²) in [7, 11) is 0. The second-order valence-corrected chi connectivity index (χ2v) is 6.61. The van der Waals surface area contributed by atoms with Crippen molar-refractivity contribution >= 4 is 17.2 Å². The van der Waals surface area contributed by atoms with E-state index in [2.05, 4.69) is 29.8 Å². The van der Waals surface area contributed by atoms with E-state index >= 15 is 0 Å². The molecule has 1 aliphatic rings. The van der Waals surface area contributed by atoms with Gasteiger partial charge in [0.15, 0.2) is 0 Å². The molecule has 4 heteroatoms. The predicted molar refractivity (Wildman–Crippen MR) is 80.1 cm³/mol. The minimum absolute atomic E-state index is 0.129. The zero-order chi connectivity index (χ0) is 13.7. The highest BCUT2D eigenvalue weighted by Crippen LogP contribution is 2.29. The van der Waals surface area contributed by atoms with Crippen LogP contribution in [0.4, 0.5) is 0 Å². The zero-order valence-electron chi connectivity index (χ0n) is 11.6. The van der Waals surface area contributed by atoms with Crippen molar-refractivity contribution in [3.8, 4) is 0 Å². The SMILES string of the molecule is CC(Cc1cccs1)NC(=O)C1CCCCC1CN. The summed E-state index contributed by atoms with van der Waals surface area (Å²) >= 11 is 1.75. The van der Waals surface area contributed by atoms with E-state index in [1.807, 2.05) is 0 Å². The van der Waals surface area contributed by atoms with Crippen LogP contribution in [0.5, 0.6) is 0 Å². The summed E-state index contributed by atoms with van der Waals surface area (Å²) in [6.07, 6.45) is 5.40. The van der Waals surface area contributed by atoms with Crippen molar-refractivity contribution in [2.24, 2.45) is 17.6 Å². The summed E-state index contributed by atoms with van der Waals surface area (Å²) in [6, 6.07) is 4.38. The molecule has 1 saturated carbocycles. The van der Waals surface area contributed by atoms with Crippen molar-refractivity contribution in [1.29, 1.82) is 0 Å². The largest absolute Gasteiger partial charge is 0.353 e. The molecule has 1 aromatic heterocycles. The maximum Gasteiger partial charge on any atom is 0.223 e. The van der Waals surface area contributed by atoms with Gasteiger partial charge in [-0.2, -0.15) is 0 Å². The van der Waals surface area contributed by atoms with Gasteiger partial charge < -0.3 is 11.1 Å². The second kappa shape index (κ2) is 7.06. The molecule has 1 heterocycles. The lowest BCUT2D eigenvalue weighted by Gasteiger charge is -2.30. The van der Waals surface area contributed by atoms with E-state index in [1.54, 1.807) is 11.3 Å². The molecule has 2 rings (SSSR count). The van der Waals surface area contributed by atoms with E-state index in [1.165, 1.54) is 11.3 Å². The van der Waals surface area contributed by atoms with Gasteiger partial charge in [0.1, 0.15) is 0 Å². The summed E-state index contributed by atoms with van der Waals surface area (Å²) in [4.78, 5) is 13.7. The van der Waals surface area contributed by atoms with Crippen LogP contribution in [0.1, 0.15) is 37.5 Å². The highest BCUT2D eigenvalue weighted by molar-refractivity contribution is 7.09. The van der Waals surface area contributed by atoms with Crippen LogP contribution in [0.2, 0.25) is 0 Å². The first-order valence-electron chi connectivity index (χ1n) is 7.23. The Morgan fingerprint density at radius 3 is 3.00 bits per heavy atom. The number of carbonyl (C=O) groups excluding carboxylic acids is 1. The molecule has 106 valence electrons. The lowest BCUT2D eigenvalue weighted by atomic mass is 9.78. The average Bonchev–Trinajstić information content (AvgIpc) is 2.91. The van der Waals surface area contributed by atoms with Crippen LogP contribution in [0.3, 0.4) is 0 Å². The Balaban J connectivity index is 1.85. The Hall–Kier alpha value is -0.870. The number of nitrogens with two attached hydrogens (primary N) is 1. The second-order valence-electron chi connectivity index (χ2n) is 5.58. The minimum atomic E-state index is 0.129. The van der Waals surface area contributed by atoms with Gasteiger partial charge in [-0.15, -0.1) is 11.3 Å². The highest BCUT2D eigenvalue weighted by atomic mass is 32.1. The zero-order valence-corrected chi connectivity index (χ0v) is 12.4. The summed E-state index contributed by atoms with van der Waals surface area (Å²) in [5.41, 5.74) is 5.79. The molecule has 0 radical (unpaired) electrons. The molecule has 1 fully saturated rings. The minimum Gasteiger partial charge on any atom is -0.353 e. The van der Waals surface area contributed by atoms with Gasteiger partial charge in [0.2, 0.25) is 5.91 Å². The van der Waals surface area contributed by atoms with Crippen molar-refractivity contribution in [2.45, 2.75) is 45.1 Å². The predicted octanol–water partition coefficient (Wildman–Crippen LogP) is 2.56. The van der Waals surface area contributed by atoms with E-state index in [9.17, 15) is 4.79 Å². The molecule has 0 bridgehead atoms. The Kier molecular flexibility index (Phi) is 5.40. The van der Waals surface area contributed by atoms with Crippen molar-refractivity contribution < 1.29 is 4.79 Å². The van der Waals surface area contributed by atoms with Gasteiger partial charge in [0.25, 0.3) is 0 Å². The Labute approximate surface area is 119 Å². The molecule has 3 atom stereocenters. The average molecular weight is 280 g/mol. The number of hydrogen-bond donors (Lipinski definition) is 2. The van der Waals surface area contributed by atoms with Crippen molar-refractivity contribution in [3.63, 3.8) is 0 Å². The molecule has 3 N–H and O–H groups in total. The number of rotatable bonds is 5. The van der Waals surface area contributed by atoms with E-state index < -0.39 is 0 Å². The molecule has 0 aromatic carbocycles. The van der Waals surface area contributed by atoms with Crippen LogP contribution >= 0.6 is 11.3 Å². The van der Waals surface area contributed by atoms with Gasteiger partial charge in [-0.25, -0.2) is 0 Å².